The minimum absolute atomic E-state index is 0.0762. The molecular weight excluding hydrogens is 248 g/mol. The number of ether oxygens (including phenoxy) is 1. The van der Waals surface area contributed by atoms with Gasteiger partial charge in [-0.3, -0.25) is 10.2 Å². The SMILES string of the molecule is NNC(=O)c1ccoc1COc1ccccc1CO. The number of nitrogens with two attached hydrogens (primary N) is 1. The van der Waals surface area contributed by atoms with E-state index in [1.165, 1.54) is 12.3 Å². The maximum absolute atomic E-state index is 11.4. The number of nitrogen functional groups attached to an aromatic ring is 1. The quantitative estimate of drug-likeness (QED) is 0.423. The predicted octanol–water partition coefficient (Wildman–Crippen LogP) is 0.954. The van der Waals surface area contributed by atoms with Crippen molar-refractivity contribution in [1.29, 1.82) is 0 Å². The number of nitrogens with one attached hydrogen (secondary N) is 1. The molecule has 0 aliphatic rings. The second kappa shape index (κ2) is 6.03. The van der Waals surface area contributed by atoms with Gasteiger partial charge in [0.1, 0.15) is 12.4 Å². The largest absolute Gasteiger partial charge is 0.485 e. The van der Waals surface area contributed by atoms with Crippen LogP contribution >= 0.6 is 0 Å². The van der Waals surface area contributed by atoms with E-state index in [1.807, 2.05) is 5.43 Å². The third-order valence-electron chi connectivity index (χ3n) is 2.62. The Balaban J connectivity index is 2.11. The van der Waals surface area contributed by atoms with Crippen molar-refractivity contribution in [3.8, 4) is 5.75 Å². The van der Waals surface area contributed by atoms with Crippen LogP contribution in [0.15, 0.2) is 41.0 Å². The monoisotopic (exact) mass is 262 g/mol. The van der Waals surface area contributed by atoms with E-state index in [1.54, 1.807) is 24.3 Å². The van der Waals surface area contributed by atoms with Gasteiger partial charge in [-0.2, -0.15) is 0 Å². The number of para-hydroxylation sites is 1. The van der Waals surface area contributed by atoms with Crippen molar-refractivity contribution >= 4 is 5.91 Å². The van der Waals surface area contributed by atoms with Crippen molar-refractivity contribution in [2.24, 2.45) is 5.84 Å². The maximum atomic E-state index is 11.4. The molecule has 1 aromatic carbocycles. The molecule has 0 fully saturated rings. The molecule has 0 atom stereocenters. The van der Waals surface area contributed by atoms with Crippen molar-refractivity contribution in [2.75, 3.05) is 0 Å². The highest BCUT2D eigenvalue weighted by Gasteiger charge is 2.14. The van der Waals surface area contributed by atoms with E-state index in [2.05, 4.69) is 0 Å². The summed E-state index contributed by atoms with van der Waals surface area (Å²) < 4.78 is 10.7. The Labute approximate surface area is 109 Å². The highest BCUT2D eigenvalue weighted by Crippen LogP contribution is 2.20. The second-order valence-corrected chi connectivity index (χ2v) is 3.79. The fraction of sp³-hybridized carbons (Fsp3) is 0.154. The Morgan fingerprint density at radius 1 is 1.37 bits per heavy atom. The molecule has 100 valence electrons. The number of furan rings is 1. The topological polar surface area (TPSA) is 97.7 Å². The molecule has 1 aromatic heterocycles. The van der Waals surface area contributed by atoms with Crippen molar-refractivity contribution < 1.29 is 19.1 Å². The minimum Gasteiger partial charge on any atom is -0.485 e. The molecule has 0 spiro atoms. The van der Waals surface area contributed by atoms with E-state index in [0.29, 0.717) is 22.6 Å². The number of carbonyl (C=O) groups excluding carboxylic acids is 1. The molecule has 2 aromatic rings. The molecule has 0 saturated heterocycles. The molecule has 1 amide bonds. The summed E-state index contributed by atoms with van der Waals surface area (Å²) in [5, 5.41) is 9.17. The molecule has 6 nitrogen and oxygen atoms in total. The van der Waals surface area contributed by atoms with Gasteiger partial charge in [0, 0.05) is 5.56 Å². The molecule has 19 heavy (non-hydrogen) atoms. The van der Waals surface area contributed by atoms with Crippen molar-refractivity contribution in [3.05, 3.63) is 53.5 Å². The van der Waals surface area contributed by atoms with E-state index < -0.39 is 5.91 Å². The number of hydrogen-bond acceptors (Lipinski definition) is 5. The Kier molecular flexibility index (Phi) is 4.17. The molecular formula is C13H14N2O4. The average molecular weight is 262 g/mol. The molecule has 0 aliphatic heterocycles. The third-order valence-corrected chi connectivity index (χ3v) is 2.62. The molecule has 0 aliphatic carbocycles. The van der Waals surface area contributed by atoms with E-state index >= 15 is 0 Å². The van der Waals surface area contributed by atoms with Crippen LogP contribution in [-0.4, -0.2) is 11.0 Å². The van der Waals surface area contributed by atoms with Crippen molar-refractivity contribution in [2.45, 2.75) is 13.2 Å². The minimum atomic E-state index is -0.442. The summed E-state index contributed by atoms with van der Waals surface area (Å²) >= 11 is 0. The van der Waals surface area contributed by atoms with Crippen LogP contribution in [0.4, 0.5) is 0 Å². The van der Waals surface area contributed by atoms with Crippen LogP contribution in [0.2, 0.25) is 0 Å². The first-order valence-corrected chi connectivity index (χ1v) is 5.65. The van der Waals surface area contributed by atoms with Gasteiger partial charge in [0.2, 0.25) is 0 Å². The Morgan fingerprint density at radius 2 is 2.16 bits per heavy atom. The summed E-state index contributed by atoms with van der Waals surface area (Å²) in [6.45, 7) is -0.0444. The lowest BCUT2D eigenvalue weighted by atomic mass is 10.2. The van der Waals surface area contributed by atoms with Gasteiger partial charge in [0.15, 0.2) is 5.76 Å². The standard InChI is InChI=1S/C13H14N2O4/c14-15-13(17)10-5-6-18-12(10)8-19-11-4-2-1-3-9(11)7-16/h1-6,16H,7-8,14H2,(H,15,17). The molecule has 2 rings (SSSR count). The maximum Gasteiger partial charge on any atom is 0.268 e. The number of hydrogen-bond donors (Lipinski definition) is 3. The zero-order chi connectivity index (χ0) is 13.7. The molecule has 0 bridgehead atoms. The highest BCUT2D eigenvalue weighted by molar-refractivity contribution is 5.94. The summed E-state index contributed by atoms with van der Waals surface area (Å²) in [6, 6.07) is 8.60. The van der Waals surface area contributed by atoms with E-state index in [0.717, 1.165) is 0 Å². The number of amides is 1. The zero-order valence-corrected chi connectivity index (χ0v) is 10.1. The fourth-order valence-corrected chi connectivity index (χ4v) is 1.65. The van der Waals surface area contributed by atoms with E-state index in [-0.39, 0.29) is 13.2 Å². The van der Waals surface area contributed by atoms with Crippen LogP contribution in [0.25, 0.3) is 0 Å². The lowest BCUT2D eigenvalue weighted by molar-refractivity contribution is 0.0949. The molecule has 4 N–H and O–H groups in total. The number of carbonyl (C=O) groups is 1. The van der Waals surface area contributed by atoms with Crippen LogP contribution in [0.5, 0.6) is 5.75 Å². The number of aliphatic hydroxyl groups excluding tert-OH is 1. The summed E-state index contributed by atoms with van der Waals surface area (Å²) in [5.74, 6) is 5.54. The number of hydrazine groups is 1. The Morgan fingerprint density at radius 3 is 2.89 bits per heavy atom. The second-order valence-electron chi connectivity index (χ2n) is 3.79. The number of rotatable bonds is 5. The molecule has 0 saturated carbocycles. The Bertz CT molecular complexity index is 565. The van der Waals surface area contributed by atoms with Gasteiger partial charge in [0.05, 0.1) is 18.4 Å². The van der Waals surface area contributed by atoms with E-state index in [4.69, 9.17) is 15.0 Å². The van der Waals surface area contributed by atoms with Gasteiger partial charge in [-0.25, -0.2) is 5.84 Å². The molecule has 0 radical (unpaired) electrons. The van der Waals surface area contributed by atoms with Gasteiger partial charge in [-0.1, -0.05) is 18.2 Å². The smallest absolute Gasteiger partial charge is 0.268 e. The van der Waals surface area contributed by atoms with Crippen LogP contribution in [0.1, 0.15) is 21.7 Å². The van der Waals surface area contributed by atoms with Crippen LogP contribution in [0.3, 0.4) is 0 Å². The summed E-state index contributed by atoms with van der Waals surface area (Å²) in [4.78, 5) is 11.4. The van der Waals surface area contributed by atoms with Crippen LogP contribution in [0, 0.1) is 0 Å². The predicted molar refractivity (Wildman–Crippen MR) is 67.1 cm³/mol. The van der Waals surface area contributed by atoms with Gasteiger partial charge < -0.3 is 14.3 Å². The van der Waals surface area contributed by atoms with Gasteiger partial charge in [0.25, 0.3) is 5.91 Å². The van der Waals surface area contributed by atoms with E-state index in [9.17, 15) is 9.90 Å². The molecule has 0 unspecified atom stereocenters. The Hall–Kier alpha value is -2.31. The third kappa shape index (κ3) is 2.93. The van der Waals surface area contributed by atoms with Crippen LogP contribution in [-0.2, 0) is 13.2 Å². The van der Waals surface area contributed by atoms with Gasteiger partial charge in [-0.05, 0) is 12.1 Å². The summed E-state index contributed by atoms with van der Waals surface area (Å²) in [7, 11) is 0. The van der Waals surface area contributed by atoms with Gasteiger partial charge >= 0.3 is 0 Å². The zero-order valence-electron chi connectivity index (χ0n) is 10.1. The fourth-order valence-electron chi connectivity index (χ4n) is 1.65. The first kappa shape index (κ1) is 13.1. The number of benzene rings is 1. The van der Waals surface area contributed by atoms with Crippen LogP contribution < -0.4 is 16.0 Å². The van der Waals surface area contributed by atoms with Crippen molar-refractivity contribution in [1.82, 2.24) is 5.43 Å². The first-order chi connectivity index (χ1) is 9.26. The lowest BCUT2D eigenvalue weighted by Crippen LogP contribution is -2.30. The summed E-state index contributed by atoms with van der Waals surface area (Å²) in [5.41, 5.74) is 3.02. The molecule has 1 heterocycles. The average Bonchev–Trinajstić information content (AvgIpc) is 2.93. The molecule has 6 heteroatoms. The highest BCUT2D eigenvalue weighted by atomic mass is 16.5. The number of aliphatic hydroxyl groups is 1. The summed E-state index contributed by atoms with van der Waals surface area (Å²) in [6.07, 6.45) is 1.39. The normalized spacial score (nSPS) is 10.2. The van der Waals surface area contributed by atoms with Crippen molar-refractivity contribution in [3.63, 3.8) is 0 Å². The first-order valence-electron chi connectivity index (χ1n) is 5.65. The van der Waals surface area contributed by atoms with Gasteiger partial charge in [-0.15, -0.1) is 0 Å². The lowest BCUT2D eigenvalue weighted by Gasteiger charge is -2.09.